The van der Waals surface area contributed by atoms with Crippen molar-refractivity contribution in [2.45, 2.75) is 57.2 Å². The second kappa shape index (κ2) is 7.18. The van der Waals surface area contributed by atoms with Crippen LogP contribution in [0.4, 0.5) is 13.6 Å². The van der Waals surface area contributed by atoms with Gasteiger partial charge in [0.05, 0.1) is 6.04 Å². The van der Waals surface area contributed by atoms with Crippen molar-refractivity contribution in [2.75, 3.05) is 13.1 Å². The highest BCUT2D eigenvalue weighted by molar-refractivity contribution is 7.90. The molecule has 1 amide bonds. The van der Waals surface area contributed by atoms with E-state index in [1.54, 1.807) is 6.07 Å². The number of fused-ring (bicyclic) bond motifs is 1. The number of nitrogens with zero attached hydrogens (tertiary/aromatic N) is 2. The number of rotatable bonds is 3. The number of pyridine rings is 1. The molecule has 0 bridgehead atoms. The SMILES string of the molecule is CC(C)(C)[S+]([O-])N[C@@H]1c2ccc(C(F)F)nc2CC12CCN(C(=O)O)CC2. The second-order valence-corrected chi connectivity index (χ2v) is 10.3. The van der Waals surface area contributed by atoms with Gasteiger partial charge in [-0.3, -0.25) is 4.98 Å². The summed E-state index contributed by atoms with van der Waals surface area (Å²) in [5.41, 5.74) is 0.758. The Kier molecular flexibility index (Phi) is 5.39. The van der Waals surface area contributed by atoms with E-state index in [0.29, 0.717) is 38.0 Å². The Morgan fingerprint density at radius 2 is 2.04 bits per heavy atom. The number of carboxylic acid groups (broad SMARTS) is 1. The van der Waals surface area contributed by atoms with E-state index in [-0.39, 0.29) is 17.2 Å². The summed E-state index contributed by atoms with van der Waals surface area (Å²) in [6, 6.07) is 2.67. The van der Waals surface area contributed by atoms with Crippen molar-refractivity contribution in [3.05, 3.63) is 29.1 Å². The highest BCUT2D eigenvalue weighted by atomic mass is 32.2. The Hall–Kier alpha value is -1.45. The standard InChI is InChI=1S/C18H25F2N3O3S/c1-17(2,3)27(26)22-14-11-4-5-12(15(19)20)21-13(11)10-18(14)6-8-23(9-7-18)16(24)25/h4-5,14-15,22H,6-10H2,1-3H3,(H,24,25)/t14-,27?/m1/s1. The van der Waals surface area contributed by atoms with Crippen LogP contribution >= 0.6 is 0 Å². The van der Waals surface area contributed by atoms with E-state index in [9.17, 15) is 23.2 Å². The molecule has 1 aliphatic carbocycles. The maximum Gasteiger partial charge on any atom is 0.407 e. The van der Waals surface area contributed by atoms with Crippen LogP contribution in [0.1, 0.15) is 63.0 Å². The number of amides is 1. The third-order valence-electron chi connectivity index (χ3n) is 5.51. The van der Waals surface area contributed by atoms with Gasteiger partial charge < -0.3 is 14.6 Å². The van der Waals surface area contributed by atoms with E-state index in [2.05, 4.69) is 9.71 Å². The number of likely N-dealkylation sites (tertiary alicyclic amines) is 1. The first kappa shape index (κ1) is 20.3. The number of carbonyl (C=O) groups is 1. The molecule has 2 aliphatic rings. The van der Waals surface area contributed by atoms with E-state index in [4.69, 9.17) is 0 Å². The average Bonchev–Trinajstić information content (AvgIpc) is 2.86. The lowest BCUT2D eigenvalue weighted by atomic mass is 9.73. The van der Waals surface area contributed by atoms with E-state index in [1.807, 2.05) is 20.8 Å². The smallest absolute Gasteiger partial charge is 0.407 e. The first-order chi connectivity index (χ1) is 12.5. The van der Waals surface area contributed by atoms with Gasteiger partial charge in [0.15, 0.2) is 0 Å². The Bertz CT molecular complexity index is 718. The summed E-state index contributed by atoms with van der Waals surface area (Å²) in [6.45, 7) is 6.33. The van der Waals surface area contributed by atoms with Crippen molar-refractivity contribution >= 4 is 17.5 Å². The Labute approximate surface area is 160 Å². The Balaban J connectivity index is 1.93. The molecule has 1 fully saturated rings. The molecular formula is C18H25F2N3O3S. The van der Waals surface area contributed by atoms with Crippen LogP contribution in [-0.2, 0) is 17.8 Å². The zero-order valence-electron chi connectivity index (χ0n) is 15.7. The number of halogens is 2. The van der Waals surface area contributed by atoms with Crippen LogP contribution < -0.4 is 4.72 Å². The molecule has 0 radical (unpaired) electrons. The predicted octanol–water partition coefficient (Wildman–Crippen LogP) is 3.43. The summed E-state index contributed by atoms with van der Waals surface area (Å²) >= 11 is -1.35. The summed E-state index contributed by atoms with van der Waals surface area (Å²) in [4.78, 5) is 16.8. The van der Waals surface area contributed by atoms with E-state index < -0.39 is 28.6 Å². The Morgan fingerprint density at radius 3 is 2.56 bits per heavy atom. The van der Waals surface area contributed by atoms with Crippen LogP contribution in [0.2, 0.25) is 0 Å². The molecule has 1 aliphatic heterocycles. The lowest BCUT2D eigenvalue weighted by Gasteiger charge is -2.42. The van der Waals surface area contributed by atoms with Gasteiger partial charge in [-0.1, -0.05) is 6.07 Å². The van der Waals surface area contributed by atoms with E-state index >= 15 is 0 Å². The maximum absolute atomic E-state index is 13.1. The van der Waals surface area contributed by atoms with Crippen LogP contribution in [0, 0.1) is 5.41 Å². The van der Waals surface area contributed by atoms with Gasteiger partial charge in [-0.2, -0.15) is 0 Å². The van der Waals surface area contributed by atoms with Crippen molar-refractivity contribution in [2.24, 2.45) is 5.41 Å². The average molecular weight is 401 g/mol. The molecular weight excluding hydrogens is 376 g/mol. The van der Waals surface area contributed by atoms with E-state index in [0.717, 1.165) is 5.56 Å². The van der Waals surface area contributed by atoms with Crippen molar-refractivity contribution in [3.63, 3.8) is 0 Å². The Morgan fingerprint density at radius 1 is 1.41 bits per heavy atom. The monoisotopic (exact) mass is 401 g/mol. The van der Waals surface area contributed by atoms with Gasteiger partial charge in [-0.15, -0.1) is 4.72 Å². The van der Waals surface area contributed by atoms with Crippen LogP contribution in [0.15, 0.2) is 12.1 Å². The molecule has 2 atom stereocenters. The molecule has 1 spiro atoms. The minimum atomic E-state index is -2.64. The molecule has 2 heterocycles. The first-order valence-corrected chi connectivity index (χ1v) is 10.1. The van der Waals surface area contributed by atoms with Gasteiger partial charge in [-0.05, 0) is 51.7 Å². The van der Waals surface area contributed by atoms with Gasteiger partial charge in [0.1, 0.15) is 10.4 Å². The second-order valence-electron chi connectivity index (χ2n) is 8.31. The summed E-state index contributed by atoms with van der Waals surface area (Å²) in [5, 5.41) is 9.22. The third-order valence-corrected chi connectivity index (χ3v) is 7.07. The van der Waals surface area contributed by atoms with Crippen molar-refractivity contribution in [1.29, 1.82) is 0 Å². The first-order valence-electron chi connectivity index (χ1n) is 8.97. The van der Waals surface area contributed by atoms with Gasteiger partial charge in [0.25, 0.3) is 6.43 Å². The number of hydrogen-bond donors (Lipinski definition) is 2. The fourth-order valence-corrected chi connectivity index (χ4v) is 4.85. The summed E-state index contributed by atoms with van der Waals surface area (Å²) in [5.74, 6) is 0. The van der Waals surface area contributed by atoms with Gasteiger partial charge >= 0.3 is 6.09 Å². The highest BCUT2D eigenvalue weighted by Gasteiger charge is 2.51. The van der Waals surface area contributed by atoms with Crippen LogP contribution in [0.5, 0.6) is 0 Å². The normalized spacial score (nSPS) is 22.9. The minimum absolute atomic E-state index is 0.260. The molecule has 1 aromatic heterocycles. The summed E-state index contributed by atoms with van der Waals surface area (Å²) in [6.07, 6.45) is -1.98. The fraction of sp³-hybridized carbons (Fsp3) is 0.667. The molecule has 27 heavy (non-hydrogen) atoms. The number of alkyl halides is 2. The van der Waals surface area contributed by atoms with Crippen LogP contribution in [0.25, 0.3) is 0 Å². The molecule has 0 aromatic carbocycles. The molecule has 1 aromatic rings. The van der Waals surface area contributed by atoms with Crippen LogP contribution in [-0.4, -0.2) is 43.5 Å². The molecule has 1 saturated heterocycles. The molecule has 6 nitrogen and oxygen atoms in total. The van der Waals surface area contributed by atoms with Gasteiger partial charge in [0.2, 0.25) is 0 Å². The summed E-state index contributed by atoms with van der Waals surface area (Å²) < 4.78 is 41.6. The quantitative estimate of drug-likeness (QED) is 0.758. The van der Waals surface area contributed by atoms with Crippen molar-refractivity contribution in [1.82, 2.24) is 14.6 Å². The van der Waals surface area contributed by atoms with Crippen molar-refractivity contribution in [3.8, 4) is 0 Å². The number of hydrogen-bond acceptors (Lipinski definition) is 4. The molecule has 0 saturated carbocycles. The minimum Gasteiger partial charge on any atom is -0.598 e. The topological polar surface area (TPSA) is 88.5 Å². The molecule has 1 unspecified atom stereocenters. The molecule has 150 valence electrons. The summed E-state index contributed by atoms with van der Waals surface area (Å²) in [7, 11) is 0. The molecule has 2 N–H and O–H groups in total. The lowest BCUT2D eigenvalue weighted by molar-refractivity contribution is 0.0761. The van der Waals surface area contributed by atoms with Crippen LogP contribution in [0.3, 0.4) is 0 Å². The largest absolute Gasteiger partial charge is 0.598 e. The zero-order valence-corrected chi connectivity index (χ0v) is 16.5. The molecule has 9 heteroatoms. The fourth-order valence-electron chi connectivity index (χ4n) is 3.90. The van der Waals surface area contributed by atoms with E-state index in [1.165, 1.54) is 11.0 Å². The maximum atomic E-state index is 13.1. The lowest BCUT2D eigenvalue weighted by Crippen LogP contribution is -2.50. The van der Waals surface area contributed by atoms with Crippen molar-refractivity contribution < 1.29 is 23.2 Å². The zero-order chi connectivity index (χ0) is 20.0. The number of piperidine rings is 1. The third kappa shape index (κ3) is 3.90. The molecule has 3 rings (SSSR count). The number of aromatic nitrogens is 1. The van der Waals surface area contributed by atoms with Gasteiger partial charge in [-0.25, -0.2) is 13.6 Å². The number of nitrogens with one attached hydrogen (secondary N) is 1. The highest BCUT2D eigenvalue weighted by Crippen LogP contribution is 2.52. The van der Waals surface area contributed by atoms with Gasteiger partial charge in [0, 0.05) is 35.6 Å². The predicted molar refractivity (Wildman–Crippen MR) is 97.9 cm³/mol.